The zero-order valence-corrected chi connectivity index (χ0v) is 13.2. The van der Waals surface area contributed by atoms with E-state index in [2.05, 4.69) is 21.6 Å². The van der Waals surface area contributed by atoms with Crippen LogP contribution in [-0.4, -0.2) is 29.8 Å². The van der Waals surface area contributed by atoms with Crippen molar-refractivity contribution in [3.8, 4) is 5.75 Å². The molecular formula is C18H19N3O2. The Bertz CT molecular complexity index is 839. The summed E-state index contributed by atoms with van der Waals surface area (Å²) in [5.41, 5.74) is 3.64. The van der Waals surface area contributed by atoms with E-state index in [0.717, 1.165) is 28.6 Å². The van der Waals surface area contributed by atoms with Gasteiger partial charge in [0.1, 0.15) is 5.75 Å². The molecule has 0 aliphatic rings. The molecule has 0 fully saturated rings. The molecule has 2 aromatic carbocycles. The number of hydrogen-bond donors (Lipinski definition) is 2. The van der Waals surface area contributed by atoms with Crippen molar-refractivity contribution in [2.45, 2.75) is 13.3 Å². The van der Waals surface area contributed by atoms with Gasteiger partial charge in [0.2, 0.25) is 0 Å². The molecule has 0 radical (unpaired) electrons. The molecule has 1 aromatic heterocycles. The maximum Gasteiger partial charge on any atom is 0.253 e. The van der Waals surface area contributed by atoms with E-state index >= 15 is 0 Å². The quantitative estimate of drug-likeness (QED) is 0.761. The number of benzene rings is 2. The van der Waals surface area contributed by atoms with Gasteiger partial charge in [-0.15, -0.1) is 0 Å². The molecule has 118 valence electrons. The third-order valence-electron chi connectivity index (χ3n) is 3.84. The van der Waals surface area contributed by atoms with Crippen LogP contribution in [-0.2, 0) is 6.42 Å². The van der Waals surface area contributed by atoms with Gasteiger partial charge < -0.3 is 10.1 Å². The van der Waals surface area contributed by atoms with Crippen LogP contribution in [0, 0.1) is 6.92 Å². The van der Waals surface area contributed by atoms with Crippen molar-refractivity contribution in [2.24, 2.45) is 0 Å². The summed E-state index contributed by atoms with van der Waals surface area (Å²) in [6.07, 6.45) is 2.43. The van der Waals surface area contributed by atoms with Gasteiger partial charge in [-0.25, -0.2) is 0 Å². The minimum atomic E-state index is -0.105. The van der Waals surface area contributed by atoms with E-state index in [1.165, 1.54) is 5.56 Å². The highest BCUT2D eigenvalue weighted by molar-refractivity contribution is 6.05. The number of H-pyrrole nitrogens is 1. The summed E-state index contributed by atoms with van der Waals surface area (Å²) < 4.78 is 5.36. The van der Waals surface area contributed by atoms with E-state index in [0.29, 0.717) is 12.1 Å². The zero-order chi connectivity index (χ0) is 16.2. The van der Waals surface area contributed by atoms with Crippen LogP contribution in [0.5, 0.6) is 5.75 Å². The maximum atomic E-state index is 12.4. The SMILES string of the molecule is COc1ccc(C)cc1CCNC(=O)c1cccc2cn[nH]c12. The van der Waals surface area contributed by atoms with Crippen LogP contribution in [0.15, 0.2) is 42.6 Å². The summed E-state index contributed by atoms with van der Waals surface area (Å²) in [5.74, 6) is 0.743. The smallest absolute Gasteiger partial charge is 0.253 e. The second-order valence-corrected chi connectivity index (χ2v) is 5.46. The van der Waals surface area contributed by atoms with Crippen molar-refractivity contribution in [3.63, 3.8) is 0 Å². The summed E-state index contributed by atoms with van der Waals surface area (Å²) >= 11 is 0. The Balaban J connectivity index is 1.68. The van der Waals surface area contributed by atoms with Crippen molar-refractivity contribution < 1.29 is 9.53 Å². The first-order chi connectivity index (χ1) is 11.2. The fourth-order valence-electron chi connectivity index (χ4n) is 2.67. The van der Waals surface area contributed by atoms with Crippen molar-refractivity contribution >= 4 is 16.8 Å². The van der Waals surface area contributed by atoms with Crippen LogP contribution in [0.3, 0.4) is 0 Å². The number of nitrogens with one attached hydrogen (secondary N) is 2. The number of fused-ring (bicyclic) bond motifs is 1. The minimum absolute atomic E-state index is 0.105. The molecule has 0 unspecified atom stereocenters. The number of nitrogens with zero attached hydrogens (tertiary/aromatic N) is 1. The molecule has 0 aliphatic carbocycles. The van der Waals surface area contributed by atoms with Gasteiger partial charge in [0.05, 0.1) is 24.4 Å². The van der Waals surface area contributed by atoms with Gasteiger partial charge in [-0.05, 0) is 31.0 Å². The van der Waals surface area contributed by atoms with Gasteiger partial charge in [0.25, 0.3) is 5.91 Å². The Labute approximate surface area is 134 Å². The first-order valence-electron chi connectivity index (χ1n) is 7.53. The van der Waals surface area contributed by atoms with E-state index in [-0.39, 0.29) is 5.91 Å². The molecule has 5 nitrogen and oxygen atoms in total. The highest BCUT2D eigenvalue weighted by Crippen LogP contribution is 2.20. The molecule has 0 aliphatic heterocycles. The lowest BCUT2D eigenvalue weighted by Gasteiger charge is -2.10. The number of amides is 1. The maximum absolute atomic E-state index is 12.4. The third kappa shape index (κ3) is 3.18. The van der Waals surface area contributed by atoms with Crippen LogP contribution >= 0.6 is 0 Å². The van der Waals surface area contributed by atoms with Crippen molar-refractivity contribution in [1.29, 1.82) is 0 Å². The average Bonchev–Trinajstić information content (AvgIpc) is 3.03. The summed E-state index contributed by atoms with van der Waals surface area (Å²) in [4.78, 5) is 12.4. The van der Waals surface area contributed by atoms with Gasteiger partial charge in [-0.3, -0.25) is 9.89 Å². The van der Waals surface area contributed by atoms with Crippen LogP contribution in [0.4, 0.5) is 0 Å². The fourth-order valence-corrected chi connectivity index (χ4v) is 2.67. The fraction of sp³-hybridized carbons (Fsp3) is 0.222. The number of aromatic amines is 1. The summed E-state index contributed by atoms with van der Waals surface area (Å²) in [7, 11) is 1.66. The standard InChI is InChI=1S/C18H19N3O2/c1-12-6-7-16(23-2)13(10-12)8-9-19-18(22)15-5-3-4-14-11-20-21-17(14)15/h3-7,10-11H,8-9H2,1-2H3,(H,19,22)(H,20,21). The van der Waals surface area contributed by atoms with Gasteiger partial charge in [-0.1, -0.05) is 29.8 Å². The normalized spacial score (nSPS) is 10.7. The number of ether oxygens (including phenoxy) is 1. The largest absolute Gasteiger partial charge is 0.496 e. The molecule has 1 heterocycles. The molecular weight excluding hydrogens is 290 g/mol. The van der Waals surface area contributed by atoms with Gasteiger partial charge >= 0.3 is 0 Å². The molecule has 2 N–H and O–H groups in total. The number of aryl methyl sites for hydroxylation is 1. The second-order valence-electron chi connectivity index (χ2n) is 5.46. The van der Waals surface area contributed by atoms with E-state index in [9.17, 15) is 4.79 Å². The van der Waals surface area contributed by atoms with Crippen molar-refractivity contribution in [1.82, 2.24) is 15.5 Å². The predicted octanol–water partition coefficient (Wildman–Crippen LogP) is 2.85. The van der Waals surface area contributed by atoms with Crippen molar-refractivity contribution in [3.05, 3.63) is 59.3 Å². The lowest BCUT2D eigenvalue weighted by Crippen LogP contribution is -2.26. The van der Waals surface area contributed by atoms with Crippen LogP contribution in [0.25, 0.3) is 10.9 Å². The summed E-state index contributed by atoms with van der Waals surface area (Å²) in [5, 5.41) is 10.7. The molecule has 0 saturated carbocycles. The van der Waals surface area contributed by atoms with Gasteiger partial charge in [0.15, 0.2) is 0 Å². The van der Waals surface area contributed by atoms with Crippen molar-refractivity contribution in [2.75, 3.05) is 13.7 Å². The highest BCUT2D eigenvalue weighted by Gasteiger charge is 2.11. The average molecular weight is 309 g/mol. The first-order valence-corrected chi connectivity index (χ1v) is 7.53. The number of para-hydroxylation sites is 1. The van der Waals surface area contributed by atoms with E-state index in [1.54, 1.807) is 19.4 Å². The monoisotopic (exact) mass is 309 g/mol. The second kappa shape index (κ2) is 6.52. The molecule has 3 rings (SSSR count). The molecule has 0 saturated heterocycles. The Morgan fingerprint density at radius 3 is 3.00 bits per heavy atom. The molecule has 23 heavy (non-hydrogen) atoms. The lowest BCUT2D eigenvalue weighted by molar-refractivity contribution is 0.0955. The first kappa shape index (κ1) is 15.1. The summed E-state index contributed by atoms with van der Waals surface area (Å²) in [6, 6.07) is 11.6. The van der Waals surface area contributed by atoms with Crippen LogP contribution in [0.1, 0.15) is 21.5 Å². The van der Waals surface area contributed by atoms with Gasteiger partial charge in [0, 0.05) is 11.9 Å². The van der Waals surface area contributed by atoms with Gasteiger partial charge in [-0.2, -0.15) is 5.10 Å². The molecule has 0 atom stereocenters. The topological polar surface area (TPSA) is 67.0 Å². The summed E-state index contributed by atoms with van der Waals surface area (Å²) in [6.45, 7) is 2.59. The molecule has 0 bridgehead atoms. The van der Waals surface area contributed by atoms with E-state index in [4.69, 9.17) is 4.74 Å². The third-order valence-corrected chi connectivity index (χ3v) is 3.84. The molecule has 3 aromatic rings. The van der Waals surface area contributed by atoms with Crippen LogP contribution < -0.4 is 10.1 Å². The molecule has 0 spiro atoms. The molecule has 1 amide bonds. The predicted molar refractivity (Wildman–Crippen MR) is 89.9 cm³/mol. The Morgan fingerprint density at radius 1 is 1.30 bits per heavy atom. The Kier molecular flexibility index (Phi) is 4.28. The number of methoxy groups -OCH3 is 1. The number of rotatable bonds is 5. The Morgan fingerprint density at radius 2 is 2.17 bits per heavy atom. The van der Waals surface area contributed by atoms with E-state index in [1.807, 2.05) is 31.2 Å². The Hall–Kier alpha value is -2.82. The number of hydrogen-bond acceptors (Lipinski definition) is 3. The minimum Gasteiger partial charge on any atom is -0.496 e. The molecule has 5 heteroatoms. The highest BCUT2D eigenvalue weighted by atomic mass is 16.5. The number of carbonyl (C=O) groups excluding carboxylic acids is 1. The number of aromatic nitrogens is 2. The lowest BCUT2D eigenvalue weighted by atomic mass is 10.1. The van der Waals surface area contributed by atoms with E-state index < -0.39 is 0 Å². The zero-order valence-electron chi connectivity index (χ0n) is 13.2. The van der Waals surface area contributed by atoms with Crippen LogP contribution in [0.2, 0.25) is 0 Å². The number of carbonyl (C=O) groups is 1.